The fraction of sp³-hybridized carbons (Fsp3) is 0. The minimum atomic E-state index is -1.01. The summed E-state index contributed by atoms with van der Waals surface area (Å²) in [5.41, 5.74) is 2.02. The summed E-state index contributed by atoms with van der Waals surface area (Å²) in [6, 6.07) is 12.2. The van der Waals surface area contributed by atoms with Crippen molar-refractivity contribution in [2.24, 2.45) is 0 Å². The second-order valence-corrected chi connectivity index (χ2v) is 4.43. The fourth-order valence-electron chi connectivity index (χ4n) is 1.94. The summed E-state index contributed by atoms with van der Waals surface area (Å²) < 4.78 is 18.3. The van der Waals surface area contributed by atoms with Crippen LogP contribution in [0.3, 0.4) is 0 Å². The normalized spacial score (nSPS) is 10.5. The van der Waals surface area contributed by atoms with Crippen LogP contribution in [0.15, 0.2) is 59.2 Å². The third-order valence-electron chi connectivity index (χ3n) is 3.00. The number of aromatic nitrogens is 1. The van der Waals surface area contributed by atoms with Crippen molar-refractivity contribution in [1.82, 2.24) is 4.98 Å². The number of carboxylic acids is 1. The van der Waals surface area contributed by atoms with Crippen molar-refractivity contribution in [2.75, 3.05) is 0 Å². The molecular weight excluding hydrogens is 273 g/mol. The highest BCUT2D eigenvalue weighted by Crippen LogP contribution is 2.25. The van der Waals surface area contributed by atoms with Crippen LogP contribution in [0.5, 0.6) is 0 Å². The van der Waals surface area contributed by atoms with Gasteiger partial charge >= 0.3 is 5.97 Å². The lowest BCUT2D eigenvalue weighted by molar-refractivity contribution is 0.0697. The van der Waals surface area contributed by atoms with Gasteiger partial charge in [0.25, 0.3) is 0 Å². The number of benzene rings is 2. The lowest BCUT2D eigenvalue weighted by Crippen LogP contribution is -1.95. The van der Waals surface area contributed by atoms with Gasteiger partial charge in [-0.05, 0) is 42.5 Å². The van der Waals surface area contributed by atoms with Crippen LogP contribution in [-0.2, 0) is 0 Å². The van der Waals surface area contributed by atoms with Crippen molar-refractivity contribution in [2.45, 2.75) is 0 Å². The number of nitrogens with zero attached hydrogens (tertiary/aromatic N) is 1. The Morgan fingerprint density at radius 1 is 1.10 bits per heavy atom. The van der Waals surface area contributed by atoms with Gasteiger partial charge in [-0.3, -0.25) is 0 Å². The molecule has 0 aliphatic heterocycles. The lowest BCUT2D eigenvalue weighted by Gasteiger charge is -1.98. The first-order valence-electron chi connectivity index (χ1n) is 6.19. The molecule has 4 nitrogen and oxygen atoms in total. The quantitative estimate of drug-likeness (QED) is 0.793. The maximum atomic E-state index is 12.9. The Labute approximate surface area is 119 Å². The first-order valence-corrected chi connectivity index (χ1v) is 6.19. The van der Waals surface area contributed by atoms with Gasteiger partial charge < -0.3 is 9.52 Å². The SMILES string of the molecule is O=C(O)c1cccc(-c2nc(-c3ccc(F)cc3)co2)c1. The van der Waals surface area contributed by atoms with E-state index in [9.17, 15) is 9.18 Å². The van der Waals surface area contributed by atoms with E-state index in [4.69, 9.17) is 9.52 Å². The number of carbonyl (C=O) groups is 1. The maximum absolute atomic E-state index is 12.9. The molecule has 21 heavy (non-hydrogen) atoms. The lowest BCUT2D eigenvalue weighted by atomic mass is 10.1. The Balaban J connectivity index is 1.96. The van der Waals surface area contributed by atoms with E-state index in [2.05, 4.69) is 4.98 Å². The zero-order valence-corrected chi connectivity index (χ0v) is 10.8. The van der Waals surface area contributed by atoms with Gasteiger partial charge in [0.15, 0.2) is 0 Å². The van der Waals surface area contributed by atoms with Crippen LogP contribution in [-0.4, -0.2) is 16.1 Å². The Morgan fingerprint density at radius 3 is 2.57 bits per heavy atom. The van der Waals surface area contributed by atoms with Gasteiger partial charge in [-0.1, -0.05) is 6.07 Å². The second kappa shape index (κ2) is 5.20. The summed E-state index contributed by atoms with van der Waals surface area (Å²) in [6.07, 6.45) is 1.45. The van der Waals surface area contributed by atoms with Crippen LogP contribution in [0.25, 0.3) is 22.7 Å². The van der Waals surface area contributed by atoms with Crippen molar-refractivity contribution in [3.05, 3.63) is 66.2 Å². The van der Waals surface area contributed by atoms with E-state index >= 15 is 0 Å². The Bertz CT molecular complexity index is 793. The summed E-state index contributed by atoms with van der Waals surface area (Å²) >= 11 is 0. The van der Waals surface area contributed by atoms with Crippen LogP contribution in [0.4, 0.5) is 4.39 Å². The minimum absolute atomic E-state index is 0.161. The van der Waals surface area contributed by atoms with Crippen LogP contribution in [0.2, 0.25) is 0 Å². The third kappa shape index (κ3) is 2.67. The molecule has 0 radical (unpaired) electrons. The Kier molecular flexibility index (Phi) is 3.23. The maximum Gasteiger partial charge on any atom is 0.335 e. The smallest absolute Gasteiger partial charge is 0.335 e. The predicted molar refractivity (Wildman–Crippen MR) is 74.3 cm³/mol. The van der Waals surface area contributed by atoms with E-state index in [-0.39, 0.29) is 11.4 Å². The molecule has 0 spiro atoms. The highest BCUT2D eigenvalue weighted by atomic mass is 19.1. The van der Waals surface area contributed by atoms with Crippen LogP contribution < -0.4 is 0 Å². The molecule has 0 saturated carbocycles. The molecule has 3 rings (SSSR count). The molecule has 0 unspecified atom stereocenters. The second-order valence-electron chi connectivity index (χ2n) is 4.43. The molecule has 1 aromatic heterocycles. The van der Waals surface area contributed by atoms with E-state index < -0.39 is 5.97 Å². The highest BCUT2D eigenvalue weighted by Gasteiger charge is 2.11. The van der Waals surface area contributed by atoms with E-state index in [1.54, 1.807) is 24.3 Å². The van der Waals surface area contributed by atoms with Gasteiger partial charge in [-0.25, -0.2) is 14.2 Å². The third-order valence-corrected chi connectivity index (χ3v) is 3.00. The first-order chi connectivity index (χ1) is 10.1. The van der Waals surface area contributed by atoms with Gasteiger partial charge in [0.05, 0.1) is 5.56 Å². The summed E-state index contributed by atoms with van der Waals surface area (Å²) in [5, 5.41) is 8.98. The highest BCUT2D eigenvalue weighted by molar-refractivity contribution is 5.89. The standard InChI is InChI=1S/C16H10FNO3/c17-13-6-4-10(5-7-13)14-9-21-15(18-14)11-2-1-3-12(8-11)16(19)20/h1-9H,(H,19,20). The van der Waals surface area contributed by atoms with Crippen molar-refractivity contribution in [3.8, 4) is 22.7 Å². The molecule has 2 aromatic carbocycles. The molecule has 1 heterocycles. The van der Waals surface area contributed by atoms with Gasteiger partial charge in [0, 0.05) is 11.1 Å². The van der Waals surface area contributed by atoms with Crippen molar-refractivity contribution >= 4 is 5.97 Å². The Morgan fingerprint density at radius 2 is 1.86 bits per heavy atom. The molecule has 0 bridgehead atoms. The molecule has 3 aromatic rings. The summed E-state index contributed by atoms with van der Waals surface area (Å²) in [4.78, 5) is 15.3. The van der Waals surface area contributed by atoms with Gasteiger partial charge in [-0.2, -0.15) is 0 Å². The molecule has 5 heteroatoms. The Hall–Kier alpha value is -2.95. The number of halogens is 1. The first kappa shape index (κ1) is 13.1. The molecule has 0 aliphatic carbocycles. The number of hydrogen-bond acceptors (Lipinski definition) is 3. The molecule has 1 N–H and O–H groups in total. The van der Waals surface area contributed by atoms with Crippen LogP contribution >= 0.6 is 0 Å². The molecule has 0 fully saturated rings. The summed E-state index contributed by atoms with van der Waals surface area (Å²) in [7, 11) is 0. The summed E-state index contributed by atoms with van der Waals surface area (Å²) in [5.74, 6) is -1.02. The largest absolute Gasteiger partial charge is 0.478 e. The molecule has 0 atom stereocenters. The zero-order valence-electron chi connectivity index (χ0n) is 10.8. The van der Waals surface area contributed by atoms with Crippen molar-refractivity contribution < 1.29 is 18.7 Å². The molecule has 0 amide bonds. The van der Waals surface area contributed by atoms with E-state index in [1.807, 2.05) is 0 Å². The molecule has 104 valence electrons. The van der Waals surface area contributed by atoms with Crippen LogP contribution in [0.1, 0.15) is 10.4 Å². The number of hydrogen-bond donors (Lipinski definition) is 1. The van der Waals surface area contributed by atoms with E-state index in [0.717, 1.165) is 5.56 Å². The number of carboxylic acid groups (broad SMARTS) is 1. The van der Waals surface area contributed by atoms with Crippen LogP contribution in [0, 0.1) is 5.82 Å². The number of oxazole rings is 1. The number of aromatic carboxylic acids is 1. The molecule has 0 saturated heterocycles. The predicted octanol–water partition coefficient (Wildman–Crippen LogP) is 3.85. The van der Waals surface area contributed by atoms with Gasteiger partial charge in [0.1, 0.15) is 17.8 Å². The average Bonchev–Trinajstić information content (AvgIpc) is 2.98. The zero-order chi connectivity index (χ0) is 14.8. The summed E-state index contributed by atoms with van der Waals surface area (Å²) in [6.45, 7) is 0. The van der Waals surface area contributed by atoms with E-state index in [1.165, 1.54) is 30.5 Å². The van der Waals surface area contributed by atoms with Crippen molar-refractivity contribution in [1.29, 1.82) is 0 Å². The molecular formula is C16H10FNO3. The van der Waals surface area contributed by atoms with E-state index in [0.29, 0.717) is 17.1 Å². The number of rotatable bonds is 3. The fourth-order valence-corrected chi connectivity index (χ4v) is 1.94. The van der Waals surface area contributed by atoms with Crippen molar-refractivity contribution in [3.63, 3.8) is 0 Å². The average molecular weight is 283 g/mol. The molecule has 0 aliphatic rings. The van der Waals surface area contributed by atoms with Gasteiger partial charge in [0.2, 0.25) is 5.89 Å². The topological polar surface area (TPSA) is 63.3 Å². The minimum Gasteiger partial charge on any atom is -0.478 e. The van der Waals surface area contributed by atoms with Gasteiger partial charge in [-0.15, -0.1) is 0 Å². The monoisotopic (exact) mass is 283 g/mol.